The zero-order chi connectivity index (χ0) is 16.1. The van der Waals surface area contributed by atoms with Crippen LogP contribution in [0.1, 0.15) is 4.88 Å². The smallest absolute Gasteiger partial charge is 0.229 e. The molecule has 0 aliphatic heterocycles. The van der Waals surface area contributed by atoms with Crippen molar-refractivity contribution in [2.24, 2.45) is 0 Å². The van der Waals surface area contributed by atoms with Crippen LogP contribution in [0, 0.1) is 0 Å². The summed E-state index contributed by atoms with van der Waals surface area (Å²) in [6.45, 7) is 0. The molecule has 2 aromatic carbocycles. The summed E-state index contributed by atoms with van der Waals surface area (Å²) in [4.78, 5) is 13.1. The Morgan fingerprint density at radius 3 is 2.48 bits per heavy atom. The van der Waals surface area contributed by atoms with Crippen molar-refractivity contribution in [3.05, 3.63) is 75.9 Å². The fourth-order valence-electron chi connectivity index (χ4n) is 2.07. The predicted molar refractivity (Wildman–Crippen MR) is 94.6 cm³/mol. The molecule has 3 rings (SSSR count). The number of thiophene rings is 1. The number of anilines is 1. The molecule has 1 amide bonds. The number of nitrogens with one attached hydrogen (secondary N) is 1. The fraction of sp³-hybridized carbons (Fsp3) is 0.0556. The minimum Gasteiger partial charge on any atom is -0.455 e. The molecule has 0 fully saturated rings. The van der Waals surface area contributed by atoms with E-state index < -0.39 is 0 Å². The number of para-hydroxylation sites is 3. The molecule has 23 heavy (non-hydrogen) atoms. The number of benzene rings is 2. The second-order valence-corrected chi connectivity index (χ2v) is 6.64. The summed E-state index contributed by atoms with van der Waals surface area (Å²) in [6, 6.07) is 20.5. The molecule has 0 bridgehead atoms. The first-order valence-electron chi connectivity index (χ1n) is 7.07. The minimum atomic E-state index is -0.104. The Kier molecular flexibility index (Phi) is 4.95. The first-order valence-corrected chi connectivity index (χ1v) is 8.26. The average molecular weight is 344 g/mol. The molecule has 3 aromatic rings. The molecule has 0 aliphatic carbocycles. The van der Waals surface area contributed by atoms with Crippen molar-refractivity contribution < 1.29 is 9.53 Å². The van der Waals surface area contributed by atoms with E-state index in [1.54, 1.807) is 6.07 Å². The quantitative estimate of drug-likeness (QED) is 0.675. The Balaban J connectivity index is 1.71. The van der Waals surface area contributed by atoms with Crippen LogP contribution in [-0.2, 0) is 11.2 Å². The number of hydrogen-bond donors (Lipinski definition) is 1. The number of amides is 1. The molecule has 0 spiro atoms. The zero-order valence-electron chi connectivity index (χ0n) is 12.2. The maximum absolute atomic E-state index is 12.2. The second-order valence-electron chi connectivity index (χ2n) is 4.84. The predicted octanol–water partition coefficient (Wildman–Crippen LogP) is 5.38. The molecular weight excluding hydrogens is 330 g/mol. The van der Waals surface area contributed by atoms with E-state index in [0.29, 0.717) is 15.8 Å². The van der Waals surface area contributed by atoms with E-state index in [1.165, 1.54) is 11.3 Å². The molecule has 0 unspecified atom stereocenters. The molecule has 0 saturated heterocycles. The van der Waals surface area contributed by atoms with Gasteiger partial charge in [-0.25, -0.2) is 0 Å². The van der Waals surface area contributed by atoms with E-state index in [2.05, 4.69) is 5.32 Å². The Bertz CT molecular complexity index is 802. The van der Waals surface area contributed by atoms with Crippen molar-refractivity contribution in [2.75, 3.05) is 5.32 Å². The number of ether oxygens (including phenoxy) is 1. The Hall–Kier alpha value is -2.30. The van der Waals surface area contributed by atoms with Crippen LogP contribution in [-0.4, -0.2) is 5.91 Å². The highest BCUT2D eigenvalue weighted by Crippen LogP contribution is 2.29. The van der Waals surface area contributed by atoms with Gasteiger partial charge in [-0.15, -0.1) is 11.3 Å². The van der Waals surface area contributed by atoms with Gasteiger partial charge in [-0.1, -0.05) is 41.9 Å². The zero-order valence-corrected chi connectivity index (χ0v) is 13.7. The highest BCUT2D eigenvalue weighted by Gasteiger charge is 2.10. The largest absolute Gasteiger partial charge is 0.455 e. The van der Waals surface area contributed by atoms with Gasteiger partial charge in [-0.05, 0) is 36.4 Å². The van der Waals surface area contributed by atoms with E-state index in [-0.39, 0.29) is 12.3 Å². The summed E-state index contributed by atoms with van der Waals surface area (Å²) < 4.78 is 6.51. The molecule has 1 heterocycles. The highest BCUT2D eigenvalue weighted by atomic mass is 35.5. The van der Waals surface area contributed by atoms with Crippen LogP contribution in [0.3, 0.4) is 0 Å². The lowest BCUT2D eigenvalue weighted by molar-refractivity contribution is -0.115. The molecule has 3 nitrogen and oxygen atoms in total. The van der Waals surface area contributed by atoms with Gasteiger partial charge in [-0.3, -0.25) is 4.79 Å². The first kappa shape index (κ1) is 15.6. The highest BCUT2D eigenvalue weighted by molar-refractivity contribution is 7.16. The molecule has 116 valence electrons. The van der Waals surface area contributed by atoms with Crippen molar-refractivity contribution in [3.63, 3.8) is 0 Å². The SMILES string of the molecule is O=C(Cc1ccc(Cl)s1)Nc1ccccc1Oc1ccccc1. The van der Waals surface area contributed by atoms with Gasteiger partial charge in [0, 0.05) is 4.88 Å². The molecular formula is C18H14ClNO2S. The number of halogens is 1. The maximum atomic E-state index is 12.2. The van der Waals surface area contributed by atoms with Crippen molar-refractivity contribution in [1.29, 1.82) is 0 Å². The van der Waals surface area contributed by atoms with Crippen LogP contribution in [0.2, 0.25) is 4.34 Å². The van der Waals surface area contributed by atoms with Gasteiger partial charge in [0.25, 0.3) is 0 Å². The van der Waals surface area contributed by atoms with Gasteiger partial charge < -0.3 is 10.1 Å². The molecule has 0 saturated carbocycles. The van der Waals surface area contributed by atoms with Crippen LogP contribution in [0.4, 0.5) is 5.69 Å². The fourth-order valence-corrected chi connectivity index (χ4v) is 3.16. The first-order chi connectivity index (χ1) is 11.2. The summed E-state index contributed by atoms with van der Waals surface area (Å²) in [5, 5.41) is 2.89. The normalized spacial score (nSPS) is 10.3. The third-order valence-electron chi connectivity index (χ3n) is 3.10. The lowest BCUT2D eigenvalue weighted by atomic mass is 10.2. The van der Waals surface area contributed by atoms with Gasteiger partial charge >= 0.3 is 0 Å². The van der Waals surface area contributed by atoms with Crippen molar-refractivity contribution >= 4 is 34.5 Å². The lowest BCUT2D eigenvalue weighted by Gasteiger charge is -2.12. The summed E-state index contributed by atoms with van der Waals surface area (Å²) >= 11 is 7.29. The molecule has 1 aromatic heterocycles. The number of hydrogen-bond acceptors (Lipinski definition) is 3. The van der Waals surface area contributed by atoms with E-state index >= 15 is 0 Å². The topological polar surface area (TPSA) is 38.3 Å². The van der Waals surface area contributed by atoms with Crippen LogP contribution in [0.25, 0.3) is 0 Å². The van der Waals surface area contributed by atoms with E-state index in [1.807, 2.05) is 60.7 Å². The number of carbonyl (C=O) groups excluding carboxylic acids is 1. The molecule has 1 N–H and O–H groups in total. The van der Waals surface area contributed by atoms with E-state index in [4.69, 9.17) is 16.3 Å². The van der Waals surface area contributed by atoms with E-state index in [0.717, 1.165) is 10.6 Å². The summed E-state index contributed by atoms with van der Waals surface area (Å²) in [5.74, 6) is 1.23. The Morgan fingerprint density at radius 2 is 1.74 bits per heavy atom. The van der Waals surface area contributed by atoms with Crippen LogP contribution in [0.5, 0.6) is 11.5 Å². The maximum Gasteiger partial charge on any atom is 0.229 e. The second kappa shape index (κ2) is 7.31. The summed E-state index contributed by atoms with van der Waals surface area (Å²) in [5.41, 5.74) is 0.643. The standard InChI is InChI=1S/C18H14ClNO2S/c19-17-11-10-14(23-17)12-18(21)20-15-8-4-5-9-16(15)22-13-6-2-1-3-7-13/h1-11H,12H2,(H,20,21). The monoisotopic (exact) mass is 343 g/mol. The van der Waals surface area contributed by atoms with Crippen LogP contribution < -0.4 is 10.1 Å². The van der Waals surface area contributed by atoms with Gasteiger partial charge in [0.1, 0.15) is 5.75 Å². The molecule has 0 radical (unpaired) electrons. The Morgan fingerprint density at radius 1 is 1.00 bits per heavy atom. The van der Waals surface area contributed by atoms with Gasteiger partial charge in [0.2, 0.25) is 5.91 Å². The van der Waals surface area contributed by atoms with Crippen LogP contribution in [0.15, 0.2) is 66.7 Å². The molecule has 0 aliphatic rings. The lowest BCUT2D eigenvalue weighted by Crippen LogP contribution is -2.14. The van der Waals surface area contributed by atoms with Gasteiger partial charge in [0.15, 0.2) is 5.75 Å². The van der Waals surface area contributed by atoms with Gasteiger partial charge in [-0.2, -0.15) is 0 Å². The molecule has 5 heteroatoms. The third kappa shape index (κ3) is 4.34. The number of carbonyl (C=O) groups is 1. The average Bonchev–Trinajstić information content (AvgIpc) is 2.95. The summed E-state index contributed by atoms with van der Waals surface area (Å²) in [6.07, 6.45) is 0.289. The number of rotatable bonds is 5. The van der Waals surface area contributed by atoms with Crippen molar-refractivity contribution in [1.82, 2.24) is 0 Å². The van der Waals surface area contributed by atoms with Gasteiger partial charge in [0.05, 0.1) is 16.4 Å². The molecule has 0 atom stereocenters. The van der Waals surface area contributed by atoms with Crippen LogP contribution >= 0.6 is 22.9 Å². The van der Waals surface area contributed by atoms with E-state index in [9.17, 15) is 4.79 Å². The minimum absolute atomic E-state index is 0.104. The van der Waals surface area contributed by atoms with Crippen molar-refractivity contribution in [2.45, 2.75) is 6.42 Å². The summed E-state index contributed by atoms with van der Waals surface area (Å²) in [7, 11) is 0. The van der Waals surface area contributed by atoms with Crippen molar-refractivity contribution in [3.8, 4) is 11.5 Å². The Labute approximate surface area is 143 Å². The third-order valence-corrected chi connectivity index (χ3v) is 4.33.